The maximum absolute atomic E-state index is 12.9. The number of hydrogen-bond acceptors (Lipinski definition) is 12. The second-order valence-corrected chi connectivity index (χ2v) is 15.5. The normalized spacial score (nSPS) is 17.9. The Morgan fingerprint density at radius 1 is 0.554 bits per heavy atom. The average molecular weight is 793 g/mol. The van der Waals surface area contributed by atoms with Crippen LogP contribution in [0.3, 0.4) is 0 Å². The van der Waals surface area contributed by atoms with E-state index in [1.807, 2.05) is 12.2 Å². The number of carbonyl (C=O) groups is 5. The maximum Gasteiger partial charge on any atom is 0.306 e. The molecule has 0 aromatic heterocycles. The quantitative estimate of drug-likeness (QED) is 0.0294. The minimum absolute atomic E-state index is 0.0408. The van der Waals surface area contributed by atoms with Gasteiger partial charge in [0.05, 0.1) is 37.4 Å². The molecule has 2 unspecified atom stereocenters. The van der Waals surface area contributed by atoms with Crippen molar-refractivity contribution in [3.8, 4) is 0 Å². The second-order valence-electron chi connectivity index (χ2n) is 15.5. The summed E-state index contributed by atoms with van der Waals surface area (Å²) in [7, 11) is 0. The van der Waals surface area contributed by atoms with E-state index in [0.29, 0.717) is 51.7 Å². The van der Waals surface area contributed by atoms with Gasteiger partial charge in [-0.15, -0.1) is 0 Å². The van der Waals surface area contributed by atoms with Gasteiger partial charge in [-0.3, -0.25) is 24.0 Å². The van der Waals surface area contributed by atoms with Crippen LogP contribution in [-0.4, -0.2) is 86.8 Å². The van der Waals surface area contributed by atoms with Crippen molar-refractivity contribution in [1.82, 2.24) is 0 Å². The molecule has 0 saturated carbocycles. The van der Waals surface area contributed by atoms with Gasteiger partial charge in [0, 0.05) is 32.1 Å². The van der Waals surface area contributed by atoms with Crippen molar-refractivity contribution < 1.29 is 57.5 Å². The minimum atomic E-state index is -1.36. The summed E-state index contributed by atoms with van der Waals surface area (Å²) in [4.78, 5) is 62.4. The summed E-state index contributed by atoms with van der Waals surface area (Å²) in [5.41, 5.74) is -1.36. The van der Waals surface area contributed by atoms with Gasteiger partial charge in [0.25, 0.3) is 0 Å². The monoisotopic (exact) mass is 793 g/mol. The van der Waals surface area contributed by atoms with E-state index in [2.05, 4.69) is 26.0 Å². The molecule has 2 bridgehead atoms. The zero-order valence-electron chi connectivity index (χ0n) is 34.5. The Morgan fingerprint density at radius 3 is 1.36 bits per heavy atom. The first-order chi connectivity index (χ1) is 27.2. The van der Waals surface area contributed by atoms with E-state index in [1.54, 1.807) is 0 Å². The molecule has 2 rings (SSSR count). The largest absolute Gasteiger partial charge is 0.465 e. The summed E-state index contributed by atoms with van der Waals surface area (Å²) in [5.74, 6) is -2.01. The number of fused-ring (bicyclic) bond motifs is 2. The Kier molecular flexibility index (Phi) is 26.9. The summed E-state index contributed by atoms with van der Waals surface area (Å²) in [6.07, 6.45) is 25.1. The molecule has 0 radical (unpaired) electrons. The summed E-state index contributed by atoms with van der Waals surface area (Å²) in [6.45, 7) is 3.44. The summed E-state index contributed by atoms with van der Waals surface area (Å²) in [5, 5.41) is 10.5. The van der Waals surface area contributed by atoms with Crippen LogP contribution in [0.25, 0.3) is 0 Å². The highest BCUT2D eigenvalue weighted by Crippen LogP contribution is 2.37. The van der Waals surface area contributed by atoms with Gasteiger partial charge in [-0.05, 0) is 95.8 Å². The van der Waals surface area contributed by atoms with E-state index in [9.17, 15) is 29.1 Å². The third kappa shape index (κ3) is 23.7. The van der Waals surface area contributed by atoms with E-state index >= 15 is 0 Å². The fourth-order valence-corrected chi connectivity index (χ4v) is 6.73. The van der Waals surface area contributed by atoms with Gasteiger partial charge >= 0.3 is 29.8 Å². The lowest BCUT2D eigenvalue weighted by Gasteiger charge is -2.31. The highest BCUT2D eigenvalue weighted by molar-refractivity contribution is 5.72. The van der Waals surface area contributed by atoms with E-state index in [1.165, 1.54) is 25.7 Å². The number of carbonyl (C=O) groups excluding carboxylic acids is 5. The number of rotatable bonds is 33. The van der Waals surface area contributed by atoms with Gasteiger partial charge in [-0.25, -0.2) is 0 Å². The maximum atomic E-state index is 12.9. The first-order valence-electron chi connectivity index (χ1n) is 21.5. The molecular weight excluding hydrogens is 720 g/mol. The average Bonchev–Trinajstić information content (AvgIpc) is 3.54. The van der Waals surface area contributed by atoms with Crippen LogP contribution in [0.1, 0.15) is 162 Å². The molecule has 12 heteroatoms. The van der Waals surface area contributed by atoms with Gasteiger partial charge in [0.15, 0.2) is 0 Å². The Labute approximate surface area is 335 Å². The molecule has 2 saturated heterocycles. The van der Waals surface area contributed by atoms with E-state index in [-0.39, 0.29) is 82.0 Å². The number of unbranched alkanes of at least 4 members (excludes halogenated alkanes) is 8. The van der Waals surface area contributed by atoms with Crippen molar-refractivity contribution in [2.45, 2.75) is 174 Å². The molecule has 2 heterocycles. The molecule has 0 aliphatic carbocycles. The van der Waals surface area contributed by atoms with Crippen LogP contribution in [0.2, 0.25) is 0 Å². The van der Waals surface area contributed by atoms with Crippen molar-refractivity contribution in [1.29, 1.82) is 0 Å². The molecule has 2 atom stereocenters. The van der Waals surface area contributed by atoms with Crippen LogP contribution in [-0.2, 0) is 52.4 Å². The van der Waals surface area contributed by atoms with Crippen molar-refractivity contribution in [3.05, 3.63) is 24.3 Å². The lowest BCUT2D eigenvalue weighted by atomic mass is 9.91. The fraction of sp³-hybridized carbons (Fsp3) is 0.795. The lowest BCUT2D eigenvalue weighted by Crippen LogP contribution is -2.42. The number of esters is 5. The van der Waals surface area contributed by atoms with Gasteiger partial charge in [0.1, 0.15) is 19.8 Å². The molecule has 56 heavy (non-hydrogen) atoms. The topological polar surface area (TPSA) is 161 Å². The fourth-order valence-electron chi connectivity index (χ4n) is 6.73. The first kappa shape index (κ1) is 48.9. The number of aliphatic hydroxyl groups is 1. The van der Waals surface area contributed by atoms with Crippen molar-refractivity contribution >= 4 is 29.8 Å². The molecule has 0 spiro atoms. The summed E-state index contributed by atoms with van der Waals surface area (Å²) < 4.78 is 33.0. The molecule has 12 nitrogen and oxygen atoms in total. The van der Waals surface area contributed by atoms with Gasteiger partial charge in [-0.1, -0.05) is 63.8 Å². The lowest BCUT2D eigenvalue weighted by molar-refractivity contribution is -0.166. The Bertz CT molecular complexity index is 1110. The van der Waals surface area contributed by atoms with Gasteiger partial charge in [-0.2, -0.15) is 0 Å². The highest BCUT2D eigenvalue weighted by atomic mass is 16.6. The van der Waals surface area contributed by atoms with Gasteiger partial charge in [0.2, 0.25) is 0 Å². The SMILES string of the molecule is CCCCC/C=C\CCOC(=O)CCCCC(=O)OCC(CO)(COC(=O)CCCCC(=O)OCC/C=C\CCCCC)COC(=O)CC1CC2CCC(C1)O2. The molecular formula is C44H72O12. The molecule has 2 aliphatic heterocycles. The molecule has 0 aromatic rings. The molecule has 2 fully saturated rings. The summed E-state index contributed by atoms with van der Waals surface area (Å²) in [6, 6.07) is 0. The molecule has 320 valence electrons. The Morgan fingerprint density at radius 2 is 0.946 bits per heavy atom. The van der Waals surface area contributed by atoms with Crippen molar-refractivity contribution in [3.63, 3.8) is 0 Å². The molecule has 2 aliphatic rings. The van der Waals surface area contributed by atoms with E-state index in [4.69, 9.17) is 28.4 Å². The molecule has 0 amide bonds. The third-order valence-corrected chi connectivity index (χ3v) is 10.2. The smallest absolute Gasteiger partial charge is 0.306 e. The van der Waals surface area contributed by atoms with Crippen LogP contribution in [0.15, 0.2) is 24.3 Å². The van der Waals surface area contributed by atoms with Crippen molar-refractivity contribution in [2.24, 2.45) is 11.3 Å². The van der Waals surface area contributed by atoms with Crippen LogP contribution in [0.4, 0.5) is 0 Å². The van der Waals surface area contributed by atoms with Crippen LogP contribution in [0, 0.1) is 11.3 Å². The number of hydrogen-bond donors (Lipinski definition) is 1. The molecule has 0 aromatic carbocycles. The van der Waals surface area contributed by atoms with Crippen LogP contribution in [0.5, 0.6) is 0 Å². The van der Waals surface area contributed by atoms with E-state index < -0.39 is 29.9 Å². The predicted molar refractivity (Wildman–Crippen MR) is 212 cm³/mol. The number of aliphatic hydroxyl groups excluding tert-OH is 1. The van der Waals surface area contributed by atoms with E-state index in [0.717, 1.165) is 51.4 Å². The zero-order valence-corrected chi connectivity index (χ0v) is 34.5. The summed E-state index contributed by atoms with van der Waals surface area (Å²) >= 11 is 0. The highest BCUT2D eigenvalue weighted by Gasteiger charge is 2.38. The Hall–Kier alpha value is -3.25. The standard InChI is InChI=1S/C44H72O12/c1-3-5-7-9-11-13-19-27-51-39(46)21-15-17-23-41(48)53-33-44(32-45,35-55-43(50)31-36-29-37-25-26-38(30-36)56-37)34-54-42(49)24-18-16-22-40(47)52-28-20-14-12-10-8-6-4-2/h11-14,36-38,45H,3-10,15-35H2,1-2H3/b13-11-,14-12-. The van der Waals surface area contributed by atoms with Crippen molar-refractivity contribution in [2.75, 3.05) is 39.6 Å². The van der Waals surface area contributed by atoms with Crippen LogP contribution < -0.4 is 0 Å². The number of allylic oxidation sites excluding steroid dienone is 2. The molecule has 1 N–H and O–H groups in total. The Balaban J connectivity index is 1.75. The van der Waals surface area contributed by atoms with Gasteiger partial charge < -0.3 is 33.5 Å². The number of ether oxygens (including phenoxy) is 6. The minimum Gasteiger partial charge on any atom is -0.465 e. The first-order valence-corrected chi connectivity index (χ1v) is 21.5. The predicted octanol–water partition coefficient (Wildman–Crippen LogP) is 8.20. The third-order valence-electron chi connectivity index (χ3n) is 10.2. The zero-order chi connectivity index (χ0) is 40.7. The second kappa shape index (κ2) is 30.8. The van der Waals surface area contributed by atoms with Crippen LogP contribution >= 0.6 is 0 Å².